The van der Waals surface area contributed by atoms with E-state index in [9.17, 15) is 0 Å². The predicted molar refractivity (Wildman–Crippen MR) is 80.2 cm³/mol. The molecule has 4 nitrogen and oxygen atoms in total. The average molecular weight is 385 g/mol. The van der Waals surface area contributed by atoms with E-state index in [4.69, 9.17) is 69.8 Å². The Labute approximate surface area is 132 Å². The van der Waals surface area contributed by atoms with Crippen LogP contribution in [0.1, 0.15) is 0 Å². The Bertz CT molecular complexity index is 289. The second kappa shape index (κ2) is 7.03. The Hall–Kier alpha value is 1.85. The maximum absolute atomic E-state index is 5.89. The van der Waals surface area contributed by atoms with E-state index >= 15 is 0 Å². The highest BCUT2D eigenvalue weighted by Gasteiger charge is 2.48. The van der Waals surface area contributed by atoms with Crippen LogP contribution in [0.3, 0.4) is 0 Å². The van der Waals surface area contributed by atoms with E-state index in [1.807, 2.05) is 0 Å². The Kier molecular flexibility index (Phi) is 7.79. The molecule has 0 aromatic carbocycles. The summed E-state index contributed by atoms with van der Waals surface area (Å²) in [5.41, 5.74) is 0. The number of hydrogen-bond acceptors (Lipinski definition) is 1. The van der Waals surface area contributed by atoms with Gasteiger partial charge in [-0.1, -0.05) is 58.0 Å². The van der Waals surface area contributed by atoms with E-state index in [1.54, 1.807) is 37.5 Å². The van der Waals surface area contributed by atoms with Crippen LogP contribution in [-0.2, 0) is 0 Å². The standard InChI is InChI=1S/C6H13Cl6N4P/c1-14(2)17(13-12,15(3)4)16(5(7)8)6(9,10)11/h5H,1-4H3. The third-order valence-electron chi connectivity index (χ3n) is 1.91. The fourth-order valence-electron chi connectivity index (χ4n) is 1.29. The zero-order chi connectivity index (χ0) is 14.0. The molecule has 11 heteroatoms. The molecule has 0 N–H and O–H groups in total. The zero-order valence-corrected chi connectivity index (χ0v) is 15.0. The van der Waals surface area contributed by atoms with Crippen molar-refractivity contribution in [1.82, 2.24) is 14.0 Å². The van der Waals surface area contributed by atoms with Crippen molar-refractivity contribution >= 4 is 77.3 Å². The summed E-state index contributed by atoms with van der Waals surface area (Å²) in [5.74, 6) is 0. The number of hydrogen-bond donors (Lipinski definition) is 0. The lowest BCUT2D eigenvalue weighted by atomic mass is 11.2. The molecule has 0 atom stereocenters. The summed E-state index contributed by atoms with van der Waals surface area (Å²) in [6.07, 6.45) is 0. The smallest absolute Gasteiger partial charge is 0.251 e. The van der Waals surface area contributed by atoms with Crippen LogP contribution < -0.4 is 0 Å². The van der Waals surface area contributed by atoms with Crippen molar-refractivity contribution in [3.8, 4) is 0 Å². The van der Waals surface area contributed by atoms with Gasteiger partial charge in [0.15, 0.2) is 12.5 Å². The van der Waals surface area contributed by atoms with Gasteiger partial charge in [0.25, 0.3) is 3.92 Å². The van der Waals surface area contributed by atoms with E-state index in [-0.39, 0.29) is 0 Å². The molecule has 0 aromatic rings. The van der Waals surface area contributed by atoms with Crippen LogP contribution in [0.5, 0.6) is 0 Å². The van der Waals surface area contributed by atoms with Crippen LogP contribution in [0, 0.1) is 0 Å². The second-order valence-corrected chi connectivity index (χ2v) is 10.4. The van der Waals surface area contributed by atoms with Crippen LogP contribution in [0.15, 0.2) is 4.26 Å². The Morgan fingerprint density at radius 1 is 1.00 bits per heavy atom. The first-order valence-corrected chi connectivity index (χ1v) is 8.19. The van der Waals surface area contributed by atoms with Gasteiger partial charge in [-0.15, -0.1) is 0 Å². The minimum absolute atomic E-state index is 1.08. The summed E-state index contributed by atoms with van der Waals surface area (Å²) in [6, 6.07) is 0. The van der Waals surface area contributed by atoms with Gasteiger partial charge in [-0.2, -0.15) is 8.93 Å². The predicted octanol–water partition coefficient (Wildman–Crippen LogP) is 4.60. The van der Waals surface area contributed by atoms with E-state index in [0.29, 0.717) is 0 Å². The van der Waals surface area contributed by atoms with E-state index in [1.165, 1.54) is 4.67 Å². The molecule has 0 rings (SSSR count). The van der Waals surface area contributed by atoms with Gasteiger partial charge in [0.2, 0.25) is 0 Å². The second-order valence-electron chi connectivity index (χ2n) is 3.40. The zero-order valence-electron chi connectivity index (χ0n) is 9.58. The molecule has 0 unspecified atom stereocenters. The van der Waals surface area contributed by atoms with E-state index in [2.05, 4.69) is 4.26 Å². The molecule has 0 aromatic heterocycles. The normalized spacial score (nSPS) is 14.2. The lowest BCUT2D eigenvalue weighted by molar-refractivity contribution is 0.408. The maximum Gasteiger partial charge on any atom is 0.256 e. The number of alkyl halides is 5. The first-order valence-electron chi connectivity index (χ1n) is 4.24. The van der Waals surface area contributed by atoms with Crippen molar-refractivity contribution in [3.63, 3.8) is 0 Å². The molecule has 0 heterocycles. The van der Waals surface area contributed by atoms with Gasteiger partial charge < -0.3 is 0 Å². The van der Waals surface area contributed by atoms with Crippen molar-refractivity contribution in [2.45, 2.75) is 8.88 Å². The van der Waals surface area contributed by atoms with Crippen molar-refractivity contribution in [2.75, 3.05) is 28.2 Å². The molecule has 0 fully saturated rings. The molecule has 0 saturated heterocycles. The Morgan fingerprint density at radius 3 is 1.41 bits per heavy atom. The van der Waals surface area contributed by atoms with Crippen LogP contribution in [-0.4, -0.2) is 51.1 Å². The third-order valence-corrected chi connectivity index (χ3v) is 7.54. The lowest BCUT2D eigenvalue weighted by Crippen LogP contribution is -2.43. The van der Waals surface area contributed by atoms with Gasteiger partial charge in [0.05, 0.1) is 0 Å². The molecule has 0 saturated carbocycles. The lowest BCUT2D eigenvalue weighted by Gasteiger charge is -2.46. The fraction of sp³-hybridized carbons (Fsp3) is 1.00. The summed E-state index contributed by atoms with van der Waals surface area (Å²) in [5, 5.41) is 0. The largest absolute Gasteiger partial charge is 0.256 e. The monoisotopic (exact) mass is 382 g/mol. The molecule has 0 aliphatic rings. The minimum Gasteiger partial charge on any atom is -0.251 e. The number of nitrogens with zero attached hydrogens (tertiary/aromatic N) is 4. The molecule has 104 valence electrons. The Balaban J connectivity index is 5.90. The molecule has 0 spiro atoms. The van der Waals surface area contributed by atoms with Crippen LogP contribution in [0.2, 0.25) is 0 Å². The van der Waals surface area contributed by atoms with Crippen molar-refractivity contribution in [3.05, 3.63) is 0 Å². The SMILES string of the molecule is CN(C)P(=NCl)(N(C)C)N(C(Cl)Cl)C(Cl)(Cl)Cl. The van der Waals surface area contributed by atoms with Gasteiger partial charge in [-0.05, 0) is 28.2 Å². The molecule has 0 aliphatic heterocycles. The molecule has 17 heavy (non-hydrogen) atoms. The van der Waals surface area contributed by atoms with Gasteiger partial charge in [-0.25, -0.2) is 0 Å². The highest BCUT2D eigenvalue weighted by Crippen LogP contribution is 2.64. The molecular weight excluding hydrogens is 372 g/mol. The highest BCUT2D eigenvalue weighted by molar-refractivity contribution is 7.60. The summed E-state index contributed by atoms with van der Waals surface area (Å²) in [6.45, 7) is 0. The number of rotatable bonds is 4. The Morgan fingerprint density at radius 2 is 1.35 bits per heavy atom. The third kappa shape index (κ3) is 4.16. The van der Waals surface area contributed by atoms with Crippen LogP contribution in [0.4, 0.5) is 0 Å². The molecule has 0 bridgehead atoms. The van der Waals surface area contributed by atoms with Gasteiger partial charge >= 0.3 is 0 Å². The summed E-state index contributed by atoms with van der Waals surface area (Å²) < 4.78 is 6.69. The minimum atomic E-state index is -2.68. The van der Waals surface area contributed by atoms with Crippen molar-refractivity contribution < 1.29 is 0 Å². The maximum atomic E-state index is 5.89. The van der Waals surface area contributed by atoms with Gasteiger partial charge in [0.1, 0.15) is 0 Å². The molecular formula is C6H13Cl6N4P. The van der Waals surface area contributed by atoms with Gasteiger partial charge in [0, 0.05) is 11.8 Å². The average Bonchev–Trinajstić information content (AvgIpc) is 2.09. The summed E-state index contributed by atoms with van der Waals surface area (Å²) in [4.78, 5) is -1.08. The summed E-state index contributed by atoms with van der Waals surface area (Å²) >= 11 is 35.1. The summed E-state index contributed by atoms with van der Waals surface area (Å²) in [7, 11) is 4.32. The molecule has 0 amide bonds. The topological polar surface area (TPSA) is 22.1 Å². The van der Waals surface area contributed by atoms with E-state index in [0.717, 1.165) is 0 Å². The first kappa shape index (κ1) is 18.9. The molecule has 0 aliphatic carbocycles. The fourth-order valence-corrected chi connectivity index (χ4v) is 7.19. The van der Waals surface area contributed by atoms with Crippen molar-refractivity contribution in [1.29, 1.82) is 0 Å². The van der Waals surface area contributed by atoms with Crippen LogP contribution in [0.25, 0.3) is 0 Å². The van der Waals surface area contributed by atoms with Crippen LogP contribution >= 0.6 is 77.3 Å². The molecule has 0 radical (unpaired) electrons. The van der Waals surface area contributed by atoms with E-state index < -0.39 is 16.4 Å². The van der Waals surface area contributed by atoms with Crippen molar-refractivity contribution in [2.24, 2.45) is 4.26 Å². The highest BCUT2D eigenvalue weighted by atomic mass is 35.6. The quantitative estimate of drug-likeness (QED) is 0.401. The van der Waals surface area contributed by atoms with Gasteiger partial charge in [-0.3, -0.25) is 9.34 Å². The first-order chi connectivity index (χ1) is 7.51. The number of halogens is 6.